The number of halogens is 1. The van der Waals surface area contributed by atoms with E-state index in [1.54, 1.807) is 12.1 Å². The Hall–Kier alpha value is -1.95. The minimum Gasteiger partial charge on any atom is -0.390 e. The van der Waals surface area contributed by atoms with Crippen molar-refractivity contribution in [3.8, 4) is 0 Å². The van der Waals surface area contributed by atoms with Crippen LogP contribution in [-0.2, 0) is 16.0 Å². The molecule has 0 spiro atoms. The van der Waals surface area contributed by atoms with Gasteiger partial charge in [0.1, 0.15) is 5.82 Å². The van der Waals surface area contributed by atoms with Crippen molar-refractivity contribution >= 4 is 11.8 Å². The molecule has 6 heteroatoms. The highest BCUT2D eigenvalue weighted by Crippen LogP contribution is 2.55. The van der Waals surface area contributed by atoms with Crippen molar-refractivity contribution < 1.29 is 19.1 Å². The molecule has 0 radical (unpaired) electrons. The van der Waals surface area contributed by atoms with E-state index in [1.807, 2.05) is 0 Å². The first kappa shape index (κ1) is 20.0. The third-order valence-electron chi connectivity index (χ3n) is 8.09. The lowest BCUT2D eigenvalue weighted by atomic mass is 9.52. The largest absolute Gasteiger partial charge is 0.390 e. The van der Waals surface area contributed by atoms with E-state index in [1.165, 1.54) is 12.1 Å². The van der Waals surface area contributed by atoms with Crippen molar-refractivity contribution in [1.82, 2.24) is 10.6 Å². The second-order valence-corrected chi connectivity index (χ2v) is 10.4. The van der Waals surface area contributed by atoms with E-state index in [2.05, 4.69) is 10.6 Å². The summed E-state index contributed by atoms with van der Waals surface area (Å²) in [5.41, 5.74) is 0.0320. The van der Waals surface area contributed by atoms with Crippen molar-refractivity contribution in [2.24, 2.45) is 17.8 Å². The fourth-order valence-electron chi connectivity index (χ4n) is 7.00. The van der Waals surface area contributed by atoms with Gasteiger partial charge < -0.3 is 15.7 Å². The van der Waals surface area contributed by atoms with Crippen LogP contribution in [0.15, 0.2) is 24.3 Å². The molecule has 1 aromatic rings. The molecule has 1 saturated heterocycles. The highest BCUT2D eigenvalue weighted by atomic mass is 19.1. The molecule has 5 aliphatic rings. The van der Waals surface area contributed by atoms with Crippen LogP contribution in [-0.4, -0.2) is 34.1 Å². The van der Waals surface area contributed by atoms with Crippen LogP contribution in [0, 0.1) is 23.6 Å². The molecule has 0 aromatic heterocycles. The second-order valence-electron chi connectivity index (χ2n) is 10.4. The van der Waals surface area contributed by atoms with Crippen molar-refractivity contribution in [2.45, 2.75) is 81.4 Å². The Morgan fingerprint density at radius 1 is 1.17 bits per heavy atom. The highest BCUT2D eigenvalue weighted by Gasteiger charge is 2.55. The van der Waals surface area contributed by atoms with E-state index in [0.717, 1.165) is 37.7 Å². The second kappa shape index (κ2) is 7.33. The maximum Gasteiger partial charge on any atom is 0.220 e. The number of amides is 2. The minimum absolute atomic E-state index is 0.0202. The summed E-state index contributed by atoms with van der Waals surface area (Å²) < 4.78 is 13.2. The van der Waals surface area contributed by atoms with Gasteiger partial charge in [0.25, 0.3) is 0 Å². The van der Waals surface area contributed by atoms with E-state index in [4.69, 9.17) is 0 Å². The first-order valence-electron chi connectivity index (χ1n) is 11.4. The molecule has 1 aliphatic heterocycles. The summed E-state index contributed by atoms with van der Waals surface area (Å²) in [6, 6.07) is 6.56. The van der Waals surface area contributed by atoms with Gasteiger partial charge in [0.15, 0.2) is 0 Å². The molecule has 30 heavy (non-hydrogen) atoms. The summed E-state index contributed by atoms with van der Waals surface area (Å²) in [5.74, 6) is 1.19. The Kier molecular flexibility index (Phi) is 4.88. The normalized spacial score (nSPS) is 39.2. The molecule has 3 N–H and O–H groups in total. The number of benzene rings is 1. The van der Waals surface area contributed by atoms with Crippen LogP contribution < -0.4 is 10.6 Å². The number of hydrogen-bond donors (Lipinski definition) is 3. The van der Waals surface area contributed by atoms with E-state index >= 15 is 0 Å². The molecule has 5 fully saturated rings. The van der Waals surface area contributed by atoms with Crippen molar-refractivity contribution in [2.75, 3.05) is 0 Å². The van der Waals surface area contributed by atoms with Gasteiger partial charge in [-0.1, -0.05) is 12.1 Å². The van der Waals surface area contributed by atoms with Crippen LogP contribution in [0.4, 0.5) is 4.39 Å². The van der Waals surface area contributed by atoms with Gasteiger partial charge in [-0.2, -0.15) is 0 Å². The zero-order valence-corrected chi connectivity index (χ0v) is 17.3. The molecule has 4 bridgehead atoms. The van der Waals surface area contributed by atoms with Crippen molar-refractivity contribution in [3.63, 3.8) is 0 Å². The molecule has 0 unspecified atom stereocenters. The van der Waals surface area contributed by atoms with Gasteiger partial charge >= 0.3 is 0 Å². The lowest BCUT2D eigenvalue weighted by molar-refractivity contribution is -0.146. The maximum absolute atomic E-state index is 13.2. The summed E-state index contributed by atoms with van der Waals surface area (Å²) in [7, 11) is 0. The van der Waals surface area contributed by atoms with Gasteiger partial charge in [-0.05, 0) is 86.8 Å². The Morgan fingerprint density at radius 2 is 1.87 bits per heavy atom. The monoisotopic (exact) mass is 414 g/mol. The van der Waals surface area contributed by atoms with Crippen LogP contribution in [0.1, 0.15) is 63.4 Å². The van der Waals surface area contributed by atoms with E-state index in [9.17, 15) is 19.1 Å². The predicted octanol–water partition coefficient (Wildman–Crippen LogP) is 2.85. The van der Waals surface area contributed by atoms with Crippen molar-refractivity contribution in [3.05, 3.63) is 35.6 Å². The number of aliphatic hydroxyl groups is 1. The van der Waals surface area contributed by atoms with Crippen LogP contribution in [0.2, 0.25) is 0 Å². The summed E-state index contributed by atoms with van der Waals surface area (Å²) in [4.78, 5) is 24.8. The first-order chi connectivity index (χ1) is 14.3. The molecule has 4 aliphatic carbocycles. The zero-order chi connectivity index (χ0) is 20.9. The van der Waals surface area contributed by atoms with Gasteiger partial charge in [0.05, 0.1) is 5.60 Å². The molecule has 6 rings (SSSR count). The average Bonchev–Trinajstić information content (AvgIpc) is 3.04. The third kappa shape index (κ3) is 3.86. The molecule has 162 valence electrons. The van der Waals surface area contributed by atoms with E-state index in [-0.39, 0.29) is 23.7 Å². The first-order valence-corrected chi connectivity index (χ1v) is 11.4. The molecule has 5 nitrogen and oxygen atoms in total. The molecular weight excluding hydrogens is 383 g/mol. The van der Waals surface area contributed by atoms with Gasteiger partial charge in [0, 0.05) is 24.4 Å². The number of carbonyl (C=O) groups is 2. The summed E-state index contributed by atoms with van der Waals surface area (Å²) >= 11 is 0. The fraction of sp³-hybridized carbons (Fsp3) is 0.667. The smallest absolute Gasteiger partial charge is 0.220 e. The molecule has 1 aromatic carbocycles. The van der Waals surface area contributed by atoms with Crippen LogP contribution in [0.3, 0.4) is 0 Å². The third-order valence-corrected chi connectivity index (χ3v) is 8.09. The van der Waals surface area contributed by atoms with Gasteiger partial charge in [0.2, 0.25) is 11.8 Å². The van der Waals surface area contributed by atoms with Crippen LogP contribution in [0.25, 0.3) is 0 Å². The number of nitrogens with one attached hydrogen (secondary N) is 2. The van der Waals surface area contributed by atoms with Gasteiger partial charge in [-0.15, -0.1) is 0 Å². The van der Waals surface area contributed by atoms with Crippen LogP contribution >= 0.6 is 0 Å². The van der Waals surface area contributed by atoms with Gasteiger partial charge in [-0.3, -0.25) is 9.59 Å². The SMILES string of the molecule is O=C(CC[C@@]1(Cc2ccc(F)cc2)CCC(=O)N1)NC1[C@@H]2CC3C[C@@H]1CC(O)(C3)C2. The molecule has 2 amide bonds. The summed E-state index contributed by atoms with van der Waals surface area (Å²) in [6.45, 7) is 0. The summed E-state index contributed by atoms with van der Waals surface area (Å²) in [5, 5.41) is 17.1. The lowest BCUT2D eigenvalue weighted by Gasteiger charge is -2.58. The number of carbonyl (C=O) groups excluding carboxylic acids is 2. The standard InChI is InChI=1S/C24H31FN2O3/c25-19-3-1-15(2-4-19)11-23(8-6-21(29)27-23)7-5-20(28)26-22-17-9-16-10-18(22)14-24(30,12-16)13-17/h1-4,16-18,22,30H,5-14H2,(H,26,28)(H,27,29)/t16?,17-,18-,22?,23+,24?/m1/s1. The maximum atomic E-state index is 13.2. The Bertz CT molecular complexity index is 825. The minimum atomic E-state index is -0.495. The summed E-state index contributed by atoms with van der Waals surface area (Å²) in [6.07, 6.45) is 7.52. The quantitative estimate of drug-likeness (QED) is 0.670. The molecular formula is C24H31FN2O3. The molecule has 3 atom stereocenters. The zero-order valence-electron chi connectivity index (χ0n) is 17.3. The van der Waals surface area contributed by atoms with E-state index < -0.39 is 11.1 Å². The average molecular weight is 415 g/mol. The Morgan fingerprint density at radius 3 is 2.47 bits per heavy atom. The fourth-order valence-corrected chi connectivity index (χ4v) is 7.00. The highest BCUT2D eigenvalue weighted by molar-refractivity contribution is 5.80. The number of rotatable bonds is 6. The van der Waals surface area contributed by atoms with Crippen LogP contribution in [0.5, 0.6) is 0 Å². The van der Waals surface area contributed by atoms with E-state index in [0.29, 0.717) is 49.9 Å². The molecule has 1 heterocycles. The predicted molar refractivity (Wildman–Crippen MR) is 110 cm³/mol. The number of hydrogen-bond acceptors (Lipinski definition) is 3. The lowest BCUT2D eigenvalue weighted by Crippen LogP contribution is -2.61. The van der Waals surface area contributed by atoms with Gasteiger partial charge in [-0.25, -0.2) is 4.39 Å². The van der Waals surface area contributed by atoms with Crippen molar-refractivity contribution in [1.29, 1.82) is 0 Å². The topological polar surface area (TPSA) is 78.4 Å². The Labute approximate surface area is 176 Å². The Balaban J connectivity index is 1.21. The molecule has 4 saturated carbocycles.